The van der Waals surface area contributed by atoms with E-state index in [0.29, 0.717) is 31.6 Å². The lowest BCUT2D eigenvalue weighted by Gasteiger charge is -2.33. The van der Waals surface area contributed by atoms with Crippen molar-refractivity contribution in [1.29, 1.82) is 0 Å². The van der Waals surface area contributed by atoms with Crippen LogP contribution in [-0.4, -0.2) is 47.2 Å². The Balaban J connectivity index is 1.95. The lowest BCUT2D eigenvalue weighted by molar-refractivity contribution is -0.136. The average Bonchev–Trinajstić information content (AvgIpc) is 2.53. The number of anilines is 1. The molecule has 0 aliphatic carbocycles. The van der Waals surface area contributed by atoms with E-state index < -0.39 is 6.04 Å². The highest BCUT2D eigenvalue weighted by atomic mass is 16.3. The molecule has 0 spiro atoms. The number of hydrogen-bond donors (Lipinski definition) is 3. The standard InChI is InChI=1S/C17H25N3O3/c1-12(2)15(16(22)20-10-8-14(21)9-11-20)19-17(23)18-13-6-4-3-5-7-13/h3-7,12,14-15,21H,8-11H2,1-2H3,(H2,18,19,23). The highest BCUT2D eigenvalue weighted by molar-refractivity contribution is 5.93. The van der Waals surface area contributed by atoms with Crippen molar-refractivity contribution in [2.45, 2.75) is 38.8 Å². The summed E-state index contributed by atoms with van der Waals surface area (Å²) in [4.78, 5) is 26.5. The Hall–Kier alpha value is -2.08. The Morgan fingerprint density at radius 3 is 2.35 bits per heavy atom. The zero-order valence-corrected chi connectivity index (χ0v) is 13.7. The minimum Gasteiger partial charge on any atom is -0.393 e. The van der Waals surface area contributed by atoms with Crippen LogP contribution in [0.2, 0.25) is 0 Å². The van der Waals surface area contributed by atoms with E-state index in [-0.39, 0.29) is 24.0 Å². The third-order valence-electron chi connectivity index (χ3n) is 4.03. The summed E-state index contributed by atoms with van der Waals surface area (Å²) in [6.45, 7) is 4.88. The van der Waals surface area contributed by atoms with Gasteiger partial charge in [-0.05, 0) is 30.9 Å². The number of carbonyl (C=O) groups is 2. The molecule has 1 aliphatic rings. The minimum absolute atomic E-state index is 0.0177. The molecule has 1 aliphatic heterocycles. The first-order valence-electron chi connectivity index (χ1n) is 8.07. The van der Waals surface area contributed by atoms with Gasteiger partial charge in [0.15, 0.2) is 0 Å². The molecule has 3 amide bonds. The zero-order valence-electron chi connectivity index (χ0n) is 13.7. The van der Waals surface area contributed by atoms with Crippen molar-refractivity contribution < 1.29 is 14.7 Å². The van der Waals surface area contributed by atoms with Gasteiger partial charge in [-0.3, -0.25) is 4.79 Å². The van der Waals surface area contributed by atoms with Gasteiger partial charge in [0.05, 0.1) is 6.10 Å². The van der Waals surface area contributed by atoms with Gasteiger partial charge >= 0.3 is 6.03 Å². The second-order valence-electron chi connectivity index (χ2n) is 6.24. The lowest BCUT2D eigenvalue weighted by Crippen LogP contribution is -2.54. The van der Waals surface area contributed by atoms with Gasteiger partial charge in [0, 0.05) is 18.8 Å². The Morgan fingerprint density at radius 2 is 1.78 bits per heavy atom. The molecule has 1 saturated heterocycles. The molecule has 6 heteroatoms. The third-order valence-corrected chi connectivity index (χ3v) is 4.03. The van der Waals surface area contributed by atoms with Crippen LogP contribution in [0.5, 0.6) is 0 Å². The normalized spacial score (nSPS) is 17.0. The summed E-state index contributed by atoms with van der Waals surface area (Å²) < 4.78 is 0. The van der Waals surface area contributed by atoms with Crippen molar-refractivity contribution in [1.82, 2.24) is 10.2 Å². The van der Waals surface area contributed by atoms with Crippen LogP contribution in [0.4, 0.5) is 10.5 Å². The number of rotatable bonds is 4. The van der Waals surface area contributed by atoms with Gasteiger partial charge < -0.3 is 20.6 Å². The van der Waals surface area contributed by atoms with Crippen molar-refractivity contribution in [3.8, 4) is 0 Å². The van der Waals surface area contributed by atoms with E-state index in [2.05, 4.69) is 10.6 Å². The maximum absolute atomic E-state index is 12.6. The van der Waals surface area contributed by atoms with Crippen LogP contribution in [0.15, 0.2) is 30.3 Å². The molecule has 1 aromatic rings. The average molecular weight is 319 g/mol. The molecule has 0 aromatic heterocycles. The molecule has 0 saturated carbocycles. The van der Waals surface area contributed by atoms with E-state index in [9.17, 15) is 14.7 Å². The molecular formula is C17H25N3O3. The van der Waals surface area contributed by atoms with Crippen LogP contribution in [-0.2, 0) is 4.79 Å². The van der Waals surface area contributed by atoms with Crippen molar-refractivity contribution in [3.63, 3.8) is 0 Å². The SMILES string of the molecule is CC(C)C(NC(=O)Nc1ccccc1)C(=O)N1CCC(O)CC1. The number of aliphatic hydroxyl groups is 1. The number of hydrogen-bond acceptors (Lipinski definition) is 3. The molecule has 1 atom stereocenters. The number of nitrogens with zero attached hydrogens (tertiary/aromatic N) is 1. The number of nitrogens with one attached hydrogen (secondary N) is 2. The minimum atomic E-state index is -0.575. The first kappa shape index (κ1) is 17.3. The number of piperidine rings is 1. The fourth-order valence-electron chi connectivity index (χ4n) is 2.63. The first-order chi connectivity index (χ1) is 11.0. The molecule has 6 nitrogen and oxygen atoms in total. The maximum atomic E-state index is 12.6. The van der Waals surface area contributed by atoms with Crippen molar-refractivity contribution in [2.24, 2.45) is 5.92 Å². The topological polar surface area (TPSA) is 81.7 Å². The molecule has 2 rings (SSSR count). The number of carbonyl (C=O) groups excluding carboxylic acids is 2. The second kappa shape index (κ2) is 7.97. The van der Waals surface area contributed by atoms with Gasteiger partial charge in [-0.2, -0.15) is 0 Å². The summed E-state index contributed by atoms with van der Waals surface area (Å²) in [5.41, 5.74) is 0.682. The molecule has 1 heterocycles. The summed E-state index contributed by atoms with van der Waals surface area (Å²) in [5, 5.41) is 15.0. The Labute approximate surface area is 136 Å². The summed E-state index contributed by atoms with van der Waals surface area (Å²) in [5.74, 6) is -0.106. The number of urea groups is 1. The van der Waals surface area contributed by atoms with Crippen LogP contribution in [0.3, 0.4) is 0 Å². The molecule has 3 N–H and O–H groups in total. The number of benzene rings is 1. The second-order valence-corrected chi connectivity index (χ2v) is 6.24. The summed E-state index contributed by atoms with van der Waals surface area (Å²) in [6, 6.07) is 8.15. The number of para-hydroxylation sites is 1. The van der Waals surface area contributed by atoms with Gasteiger partial charge in [0.2, 0.25) is 5.91 Å². The predicted molar refractivity (Wildman–Crippen MR) is 89.0 cm³/mol. The lowest BCUT2D eigenvalue weighted by atomic mass is 10.0. The molecular weight excluding hydrogens is 294 g/mol. The molecule has 126 valence electrons. The number of amides is 3. The van der Waals surface area contributed by atoms with Gasteiger partial charge in [-0.15, -0.1) is 0 Å². The zero-order chi connectivity index (χ0) is 16.8. The van der Waals surface area contributed by atoms with Crippen molar-refractivity contribution >= 4 is 17.6 Å². The highest BCUT2D eigenvalue weighted by Crippen LogP contribution is 2.14. The molecule has 1 aromatic carbocycles. The Bertz CT molecular complexity index is 525. The molecule has 23 heavy (non-hydrogen) atoms. The van der Waals surface area contributed by atoms with E-state index in [1.807, 2.05) is 32.0 Å². The summed E-state index contributed by atoms with van der Waals surface area (Å²) >= 11 is 0. The Morgan fingerprint density at radius 1 is 1.17 bits per heavy atom. The molecule has 1 fully saturated rings. The van der Waals surface area contributed by atoms with Gasteiger partial charge in [-0.1, -0.05) is 32.0 Å². The van der Waals surface area contributed by atoms with Crippen molar-refractivity contribution in [2.75, 3.05) is 18.4 Å². The van der Waals surface area contributed by atoms with Gasteiger partial charge in [0.1, 0.15) is 6.04 Å². The monoisotopic (exact) mass is 319 g/mol. The number of aliphatic hydroxyl groups excluding tert-OH is 1. The van der Waals surface area contributed by atoms with Gasteiger partial charge in [0.25, 0.3) is 0 Å². The quantitative estimate of drug-likeness (QED) is 0.792. The van der Waals surface area contributed by atoms with Gasteiger partial charge in [-0.25, -0.2) is 4.79 Å². The fraction of sp³-hybridized carbons (Fsp3) is 0.529. The first-order valence-corrected chi connectivity index (χ1v) is 8.07. The van der Waals surface area contributed by atoms with E-state index in [4.69, 9.17) is 0 Å². The maximum Gasteiger partial charge on any atom is 0.319 e. The largest absolute Gasteiger partial charge is 0.393 e. The predicted octanol–water partition coefficient (Wildman–Crippen LogP) is 1.82. The van der Waals surface area contributed by atoms with E-state index in [1.165, 1.54) is 0 Å². The van der Waals surface area contributed by atoms with Crippen LogP contribution in [0.1, 0.15) is 26.7 Å². The van der Waals surface area contributed by atoms with Crippen LogP contribution < -0.4 is 10.6 Å². The van der Waals surface area contributed by atoms with Crippen LogP contribution in [0.25, 0.3) is 0 Å². The smallest absolute Gasteiger partial charge is 0.319 e. The highest BCUT2D eigenvalue weighted by Gasteiger charge is 2.30. The summed E-state index contributed by atoms with van der Waals surface area (Å²) in [7, 11) is 0. The third kappa shape index (κ3) is 4.96. The molecule has 0 bridgehead atoms. The van der Waals surface area contributed by atoms with E-state index >= 15 is 0 Å². The Kier molecular flexibility index (Phi) is 5.98. The summed E-state index contributed by atoms with van der Waals surface area (Å²) in [6.07, 6.45) is 0.852. The molecule has 1 unspecified atom stereocenters. The molecule has 0 radical (unpaired) electrons. The van der Waals surface area contributed by atoms with Crippen LogP contribution in [0, 0.1) is 5.92 Å². The van der Waals surface area contributed by atoms with Crippen LogP contribution >= 0.6 is 0 Å². The van der Waals surface area contributed by atoms with E-state index in [1.54, 1.807) is 17.0 Å². The fourth-order valence-corrected chi connectivity index (χ4v) is 2.63. The van der Waals surface area contributed by atoms with Crippen molar-refractivity contribution in [3.05, 3.63) is 30.3 Å². The van der Waals surface area contributed by atoms with E-state index in [0.717, 1.165) is 0 Å². The number of likely N-dealkylation sites (tertiary alicyclic amines) is 1.